The van der Waals surface area contributed by atoms with E-state index >= 15 is 0 Å². The number of carbonyl (C=O) groups is 2. The first kappa shape index (κ1) is 21.3. The van der Waals surface area contributed by atoms with Crippen molar-refractivity contribution in [2.24, 2.45) is 0 Å². The molecule has 0 aliphatic carbocycles. The van der Waals surface area contributed by atoms with Crippen molar-refractivity contribution in [3.63, 3.8) is 0 Å². The summed E-state index contributed by atoms with van der Waals surface area (Å²) in [7, 11) is 0. The second-order valence-corrected chi connectivity index (χ2v) is 7.05. The van der Waals surface area contributed by atoms with E-state index in [9.17, 15) is 29.8 Å². The summed E-state index contributed by atoms with van der Waals surface area (Å²) < 4.78 is 0. The molecule has 2 N–H and O–H groups in total. The number of thiophene rings is 1. The molecule has 0 aliphatic rings. The summed E-state index contributed by atoms with van der Waals surface area (Å²) in [5.41, 5.74) is -0.133. The van der Waals surface area contributed by atoms with Gasteiger partial charge in [-0.15, -0.1) is 11.3 Å². The van der Waals surface area contributed by atoms with E-state index in [4.69, 9.17) is 0 Å². The average molecular weight is 438 g/mol. The van der Waals surface area contributed by atoms with Crippen LogP contribution in [-0.4, -0.2) is 21.7 Å². The highest BCUT2D eigenvalue weighted by Gasteiger charge is 2.17. The smallest absolute Gasteiger partial charge is 0.272 e. The normalized spacial score (nSPS) is 10.9. The fraction of sp³-hybridized carbons (Fsp3) is 0. The predicted octanol–water partition coefficient (Wildman–Crippen LogP) is 3.97. The minimum absolute atomic E-state index is 0.148. The van der Waals surface area contributed by atoms with E-state index in [1.54, 1.807) is 17.5 Å². The van der Waals surface area contributed by atoms with Crippen molar-refractivity contribution in [2.75, 3.05) is 5.32 Å². The number of rotatable bonds is 7. The maximum atomic E-state index is 12.8. The number of anilines is 1. The Hall–Kier alpha value is -4.38. The van der Waals surface area contributed by atoms with E-state index in [-0.39, 0.29) is 22.8 Å². The summed E-state index contributed by atoms with van der Waals surface area (Å²) in [6, 6.07) is 14.1. The average Bonchev–Trinajstić information content (AvgIpc) is 3.28. The van der Waals surface area contributed by atoms with Gasteiger partial charge < -0.3 is 10.6 Å². The van der Waals surface area contributed by atoms with E-state index < -0.39 is 21.7 Å². The molecular formula is C20H14N4O6S. The zero-order valence-electron chi connectivity index (χ0n) is 15.7. The van der Waals surface area contributed by atoms with Gasteiger partial charge in [-0.1, -0.05) is 24.3 Å². The van der Waals surface area contributed by atoms with E-state index in [1.165, 1.54) is 65.9 Å². The molecule has 0 spiro atoms. The number of amides is 2. The van der Waals surface area contributed by atoms with Gasteiger partial charge in [0.2, 0.25) is 0 Å². The highest BCUT2D eigenvalue weighted by Crippen LogP contribution is 2.19. The molecule has 1 aromatic heterocycles. The zero-order valence-corrected chi connectivity index (χ0v) is 16.5. The van der Waals surface area contributed by atoms with Gasteiger partial charge in [-0.3, -0.25) is 29.8 Å². The molecule has 3 aromatic rings. The number of benzene rings is 2. The molecule has 1 heterocycles. The van der Waals surface area contributed by atoms with Gasteiger partial charge in [0.15, 0.2) is 0 Å². The molecule has 0 bridgehead atoms. The molecule has 0 radical (unpaired) electrons. The molecule has 10 nitrogen and oxygen atoms in total. The molecule has 31 heavy (non-hydrogen) atoms. The van der Waals surface area contributed by atoms with Crippen molar-refractivity contribution in [1.29, 1.82) is 0 Å². The van der Waals surface area contributed by atoms with E-state index in [0.29, 0.717) is 10.4 Å². The number of nitro groups is 2. The molecule has 0 fully saturated rings. The third kappa shape index (κ3) is 5.58. The van der Waals surface area contributed by atoms with Crippen molar-refractivity contribution in [3.8, 4) is 0 Å². The minimum atomic E-state index is -0.753. The predicted molar refractivity (Wildman–Crippen MR) is 115 cm³/mol. The first-order valence-electron chi connectivity index (χ1n) is 8.70. The van der Waals surface area contributed by atoms with Crippen LogP contribution in [0.2, 0.25) is 0 Å². The molecule has 2 amide bonds. The Kier molecular flexibility index (Phi) is 6.48. The second-order valence-electron chi connectivity index (χ2n) is 6.10. The van der Waals surface area contributed by atoms with E-state index in [2.05, 4.69) is 10.6 Å². The van der Waals surface area contributed by atoms with Crippen molar-refractivity contribution in [3.05, 3.63) is 102 Å². The van der Waals surface area contributed by atoms with Gasteiger partial charge in [0, 0.05) is 30.0 Å². The monoisotopic (exact) mass is 438 g/mol. The standard InChI is InChI=1S/C20H14N4O6S/c25-19(21-14-5-2-7-16(12-14)24(29)30)17(22-20(26)18-8-3-9-31-18)11-13-4-1-6-15(10-13)23(27)28/h1-12H,(H,21,25)(H,22,26)/b17-11-. The molecule has 0 atom stereocenters. The van der Waals surface area contributed by atoms with Crippen LogP contribution in [0.15, 0.2) is 71.7 Å². The molecule has 3 rings (SSSR count). The van der Waals surface area contributed by atoms with Crippen LogP contribution in [0.3, 0.4) is 0 Å². The molecule has 2 aromatic carbocycles. The summed E-state index contributed by atoms with van der Waals surface area (Å²) in [4.78, 5) is 46.4. The number of nitrogens with one attached hydrogen (secondary N) is 2. The topological polar surface area (TPSA) is 144 Å². The quantitative estimate of drug-likeness (QED) is 0.324. The van der Waals surface area contributed by atoms with Crippen molar-refractivity contribution in [2.45, 2.75) is 0 Å². The number of hydrogen-bond donors (Lipinski definition) is 2. The molecular weight excluding hydrogens is 424 g/mol. The highest BCUT2D eigenvalue weighted by molar-refractivity contribution is 7.12. The number of hydrogen-bond acceptors (Lipinski definition) is 7. The first-order valence-corrected chi connectivity index (χ1v) is 9.58. The highest BCUT2D eigenvalue weighted by atomic mass is 32.1. The number of nitro benzene ring substituents is 2. The Balaban J connectivity index is 1.93. The lowest BCUT2D eigenvalue weighted by atomic mass is 10.1. The Bertz CT molecular complexity index is 1190. The van der Waals surface area contributed by atoms with Crippen molar-refractivity contribution in [1.82, 2.24) is 5.32 Å². The molecule has 0 saturated carbocycles. The maximum absolute atomic E-state index is 12.8. The molecule has 0 unspecified atom stereocenters. The van der Waals surface area contributed by atoms with Crippen LogP contribution in [0.25, 0.3) is 6.08 Å². The van der Waals surface area contributed by atoms with Crippen LogP contribution in [0.1, 0.15) is 15.2 Å². The van der Waals surface area contributed by atoms with Crippen molar-refractivity contribution >= 4 is 46.3 Å². The zero-order chi connectivity index (χ0) is 22.4. The molecule has 156 valence electrons. The van der Waals surface area contributed by atoms with Crippen LogP contribution in [0, 0.1) is 20.2 Å². The fourth-order valence-corrected chi connectivity index (χ4v) is 3.16. The lowest BCUT2D eigenvalue weighted by Crippen LogP contribution is -2.30. The summed E-state index contributed by atoms with van der Waals surface area (Å²) >= 11 is 1.17. The fourth-order valence-electron chi connectivity index (χ4n) is 2.54. The minimum Gasteiger partial charge on any atom is -0.320 e. The Morgan fingerprint density at radius 2 is 1.58 bits per heavy atom. The largest absolute Gasteiger partial charge is 0.320 e. The van der Waals surface area contributed by atoms with Gasteiger partial charge in [0.1, 0.15) is 5.70 Å². The molecule has 11 heteroatoms. The van der Waals surface area contributed by atoms with Gasteiger partial charge in [0.05, 0.1) is 14.7 Å². The number of carbonyl (C=O) groups excluding carboxylic acids is 2. The summed E-state index contributed by atoms with van der Waals surface area (Å²) in [6.45, 7) is 0. The van der Waals surface area contributed by atoms with Crippen LogP contribution in [0.5, 0.6) is 0 Å². The first-order chi connectivity index (χ1) is 14.8. The van der Waals surface area contributed by atoms with Gasteiger partial charge in [-0.05, 0) is 29.2 Å². The third-order valence-corrected chi connectivity index (χ3v) is 4.81. The van der Waals surface area contributed by atoms with Gasteiger partial charge in [0.25, 0.3) is 23.2 Å². The van der Waals surface area contributed by atoms with Crippen LogP contribution in [-0.2, 0) is 4.79 Å². The Labute approximate surface area is 179 Å². The maximum Gasteiger partial charge on any atom is 0.272 e. The summed E-state index contributed by atoms with van der Waals surface area (Å²) in [5, 5.41) is 28.6. The SMILES string of the molecule is O=C(Nc1cccc([N+](=O)[O-])c1)/C(=C/c1cccc([N+](=O)[O-])c1)NC(=O)c1cccs1. The molecule has 0 aliphatic heterocycles. The van der Waals surface area contributed by atoms with E-state index in [0.717, 1.165) is 0 Å². The van der Waals surface area contributed by atoms with Crippen LogP contribution in [0.4, 0.5) is 17.1 Å². The van der Waals surface area contributed by atoms with Gasteiger partial charge in [-0.25, -0.2) is 0 Å². The van der Waals surface area contributed by atoms with Crippen LogP contribution >= 0.6 is 11.3 Å². The number of nitrogens with zero attached hydrogens (tertiary/aromatic N) is 2. The lowest BCUT2D eigenvalue weighted by Gasteiger charge is -2.11. The van der Waals surface area contributed by atoms with Crippen molar-refractivity contribution < 1.29 is 19.4 Å². The third-order valence-electron chi connectivity index (χ3n) is 3.94. The van der Waals surface area contributed by atoms with E-state index in [1.807, 2.05) is 0 Å². The van der Waals surface area contributed by atoms with Crippen LogP contribution < -0.4 is 10.6 Å². The lowest BCUT2D eigenvalue weighted by molar-refractivity contribution is -0.385. The molecule has 0 saturated heterocycles. The Morgan fingerprint density at radius 1 is 0.903 bits per heavy atom. The number of non-ortho nitro benzene ring substituents is 2. The summed E-state index contributed by atoms with van der Waals surface area (Å²) in [6.07, 6.45) is 1.28. The van der Waals surface area contributed by atoms with Gasteiger partial charge >= 0.3 is 0 Å². The van der Waals surface area contributed by atoms with Gasteiger partial charge in [-0.2, -0.15) is 0 Å². The Morgan fingerprint density at radius 3 is 2.23 bits per heavy atom. The second kappa shape index (κ2) is 9.41. The summed E-state index contributed by atoms with van der Waals surface area (Å²) in [5.74, 6) is -1.29.